The molecule has 7 rings (SSSR count). The molecule has 0 amide bonds. The maximum Gasteiger partial charge on any atom is 0.311 e. The van der Waals surface area contributed by atoms with Crippen LogP contribution < -0.4 is 0 Å². The van der Waals surface area contributed by atoms with Crippen molar-refractivity contribution in [2.45, 2.75) is 172 Å². The predicted molar refractivity (Wildman–Crippen MR) is 222 cm³/mol. The summed E-state index contributed by atoms with van der Waals surface area (Å²) in [5.74, 6) is 1.43. The summed E-state index contributed by atoms with van der Waals surface area (Å²) in [6.45, 7) is 27.3. The number of carboxylic acid groups (broad SMARTS) is 1. The van der Waals surface area contributed by atoms with Gasteiger partial charge in [0.1, 0.15) is 18.1 Å². The van der Waals surface area contributed by atoms with E-state index >= 15 is 0 Å². The highest BCUT2D eigenvalue weighted by molar-refractivity contribution is 5.75. The van der Waals surface area contributed by atoms with Crippen LogP contribution in [0.2, 0.25) is 0 Å². The van der Waals surface area contributed by atoms with Crippen LogP contribution >= 0.6 is 0 Å². The number of phenols is 2. The monoisotopic (exact) mass is 765 g/mol. The van der Waals surface area contributed by atoms with Crippen LogP contribution in [0.1, 0.15) is 171 Å². The van der Waals surface area contributed by atoms with Crippen LogP contribution in [-0.2, 0) is 19.7 Å². The number of carbonyl (C=O) groups excluding carboxylic acids is 1. The molecule has 4 bridgehead atoms. The third kappa shape index (κ3) is 9.18. The van der Waals surface area contributed by atoms with Gasteiger partial charge in [-0.3, -0.25) is 9.59 Å². The van der Waals surface area contributed by atoms with Crippen LogP contribution in [0.3, 0.4) is 0 Å². The van der Waals surface area contributed by atoms with Gasteiger partial charge in [-0.2, -0.15) is 0 Å². The molecule has 0 aromatic heterocycles. The summed E-state index contributed by atoms with van der Waals surface area (Å²) in [5.41, 5.74) is 2.82. The number of esters is 1. The van der Waals surface area contributed by atoms with Gasteiger partial charge < -0.3 is 25.2 Å². The molecule has 4 N–H and O–H groups in total. The lowest BCUT2D eigenvalue weighted by Crippen LogP contribution is -2.54. The van der Waals surface area contributed by atoms with Gasteiger partial charge in [-0.15, -0.1) is 0 Å². The Bertz CT molecular complexity index is 1580. The number of aliphatic carboxylic acids is 1. The predicted octanol–water partition coefficient (Wildman–Crippen LogP) is 11.5. The Kier molecular flexibility index (Phi) is 13.5. The molecule has 0 saturated heterocycles. The summed E-state index contributed by atoms with van der Waals surface area (Å²) in [6, 6.07) is 3.81. The molecule has 6 aliphatic carbocycles. The minimum Gasteiger partial charge on any atom is -0.507 e. The minimum absolute atomic E-state index is 0.0191. The number of ether oxygens (including phenoxy) is 1. The van der Waals surface area contributed by atoms with Crippen molar-refractivity contribution in [1.29, 1.82) is 0 Å². The van der Waals surface area contributed by atoms with Gasteiger partial charge in [-0.1, -0.05) is 98.8 Å². The van der Waals surface area contributed by atoms with Gasteiger partial charge in [0.15, 0.2) is 0 Å². The largest absolute Gasteiger partial charge is 0.507 e. The SMILES string of the molecule is CC(C)(CCC1=C[C@@H](O)[C@@H]2C[C@H]1C2(C)C)C(=O)O.CCCCCC(CCC)C(C)(C)c1cc(O)c([C@H]2C=C(COC(=O)C(C)(C)C)[C@H]3C[C@@H]2C3(C)C)c(O)c1. The number of benzene rings is 1. The van der Waals surface area contributed by atoms with Crippen LogP contribution in [0.25, 0.3) is 0 Å². The summed E-state index contributed by atoms with van der Waals surface area (Å²) < 4.78 is 5.70. The van der Waals surface area contributed by atoms with Gasteiger partial charge >= 0.3 is 11.9 Å². The number of rotatable bonds is 15. The Morgan fingerprint density at radius 3 is 1.87 bits per heavy atom. The van der Waals surface area contributed by atoms with Crippen molar-refractivity contribution < 1.29 is 34.8 Å². The Morgan fingerprint density at radius 1 is 0.818 bits per heavy atom. The van der Waals surface area contributed by atoms with Crippen molar-refractivity contribution in [3.05, 3.63) is 46.6 Å². The molecule has 2 fully saturated rings. The van der Waals surface area contributed by atoms with E-state index in [2.05, 4.69) is 61.5 Å². The summed E-state index contributed by atoms with van der Waals surface area (Å²) in [7, 11) is 0. The smallest absolute Gasteiger partial charge is 0.311 e. The summed E-state index contributed by atoms with van der Waals surface area (Å²) in [4.78, 5) is 23.5. The zero-order chi connectivity index (χ0) is 41.5. The molecule has 7 atom stereocenters. The van der Waals surface area contributed by atoms with Crippen molar-refractivity contribution in [1.82, 2.24) is 0 Å². The number of fused-ring (bicyclic) bond motifs is 2. The number of phenolic OH excluding ortho intramolecular Hbond substituents is 2. The maximum absolute atomic E-state index is 12.4. The first kappa shape index (κ1) is 44.9. The van der Waals surface area contributed by atoms with Gasteiger partial charge in [-0.25, -0.2) is 0 Å². The number of aliphatic hydroxyl groups excluding tert-OH is 1. The van der Waals surface area contributed by atoms with Crippen molar-refractivity contribution in [2.24, 2.45) is 51.2 Å². The van der Waals surface area contributed by atoms with Crippen LogP contribution in [0.4, 0.5) is 0 Å². The first-order valence-corrected chi connectivity index (χ1v) is 21.4. The molecule has 1 aromatic rings. The third-order valence-electron chi connectivity index (χ3n) is 14.8. The fourth-order valence-electron chi connectivity index (χ4n) is 10.3. The van der Waals surface area contributed by atoms with Crippen molar-refractivity contribution in [3.8, 4) is 11.5 Å². The molecule has 0 radical (unpaired) electrons. The molecule has 0 spiro atoms. The third-order valence-corrected chi connectivity index (χ3v) is 14.8. The van der Waals surface area contributed by atoms with Crippen molar-refractivity contribution in [3.63, 3.8) is 0 Å². The molecular formula is C48H76O7. The standard InChI is InChI=1S/C33H52O4.C15H24O3/c1-10-12-13-15-22(14-11-2)32(6,7)23-17-27(34)29(28(35)18-23)24-16-21(20-37-30(36)31(3,4)5)25-19-26(24)33(25,8)9;1-14(2,13(17)18)6-5-9-7-12(16)11-8-10(9)15(11,3)4/h16-18,22,24-26,34-35H,10-15,19-20H2,1-9H3;7,10-12,16H,5-6,8H2,1-4H3,(H,17,18)/t22?,24-,25+,26-;10-,11+,12-/m01/s1. The Morgan fingerprint density at radius 2 is 1.38 bits per heavy atom. The van der Waals surface area contributed by atoms with Gasteiger partial charge in [0, 0.05) is 11.5 Å². The van der Waals surface area contributed by atoms with E-state index in [1.807, 2.05) is 39.0 Å². The van der Waals surface area contributed by atoms with Crippen LogP contribution in [0.15, 0.2) is 35.4 Å². The first-order chi connectivity index (χ1) is 25.3. The number of unbranched alkanes of at least 4 members (excludes halogenated alkanes) is 2. The highest BCUT2D eigenvalue weighted by atomic mass is 16.5. The highest BCUT2D eigenvalue weighted by Gasteiger charge is 2.57. The van der Waals surface area contributed by atoms with Crippen molar-refractivity contribution in [2.75, 3.05) is 6.61 Å². The lowest BCUT2D eigenvalue weighted by atomic mass is 9.45. The van der Waals surface area contributed by atoms with Gasteiger partial charge in [-0.05, 0) is 142 Å². The zero-order valence-corrected chi connectivity index (χ0v) is 36.6. The van der Waals surface area contributed by atoms with E-state index in [0.29, 0.717) is 41.6 Å². The molecular weight excluding hydrogens is 689 g/mol. The van der Waals surface area contributed by atoms with E-state index in [4.69, 9.17) is 9.84 Å². The average Bonchev–Trinajstić information content (AvgIpc) is 3.08. The average molecular weight is 765 g/mol. The maximum atomic E-state index is 12.4. The number of aromatic hydroxyl groups is 2. The molecule has 1 aromatic carbocycles. The molecule has 55 heavy (non-hydrogen) atoms. The number of allylic oxidation sites excluding steroid dienone is 2. The second-order valence-electron chi connectivity index (χ2n) is 21.1. The van der Waals surface area contributed by atoms with E-state index < -0.39 is 16.8 Å². The van der Waals surface area contributed by atoms with E-state index in [-0.39, 0.29) is 52.3 Å². The second kappa shape index (κ2) is 16.6. The van der Waals surface area contributed by atoms with Crippen LogP contribution in [0, 0.1) is 51.2 Å². The molecule has 2 saturated carbocycles. The van der Waals surface area contributed by atoms with E-state index in [1.165, 1.54) is 24.8 Å². The zero-order valence-electron chi connectivity index (χ0n) is 36.6. The van der Waals surface area contributed by atoms with Crippen LogP contribution in [0.5, 0.6) is 11.5 Å². The van der Waals surface area contributed by atoms with Crippen molar-refractivity contribution >= 4 is 11.9 Å². The van der Waals surface area contributed by atoms with Gasteiger partial charge in [0.25, 0.3) is 0 Å². The number of carbonyl (C=O) groups is 2. The molecule has 310 valence electrons. The number of carboxylic acids is 1. The molecule has 7 heteroatoms. The second-order valence-corrected chi connectivity index (χ2v) is 21.1. The normalized spacial score (nSPS) is 26.9. The van der Waals surface area contributed by atoms with Gasteiger partial charge in [0.05, 0.1) is 16.9 Å². The lowest BCUT2D eigenvalue weighted by Gasteiger charge is -2.59. The Labute approximate surface area is 333 Å². The quantitative estimate of drug-likeness (QED) is 0.0796. The number of hydrogen-bond acceptors (Lipinski definition) is 6. The Balaban J connectivity index is 0.000000311. The first-order valence-electron chi connectivity index (χ1n) is 21.4. The summed E-state index contributed by atoms with van der Waals surface area (Å²) in [6.07, 6.45) is 14.4. The lowest BCUT2D eigenvalue weighted by molar-refractivity contribution is -0.153. The fraction of sp³-hybridized carbons (Fsp3) is 0.750. The minimum atomic E-state index is -0.745. The van der Waals surface area contributed by atoms with Crippen LogP contribution in [-0.4, -0.2) is 45.1 Å². The molecule has 0 heterocycles. The number of aliphatic hydroxyl groups is 1. The summed E-state index contributed by atoms with van der Waals surface area (Å²) >= 11 is 0. The molecule has 6 aliphatic rings. The molecule has 0 aliphatic heterocycles. The Hall–Kier alpha value is -2.80. The summed E-state index contributed by atoms with van der Waals surface area (Å²) in [5, 5.41) is 41.9. The fourth-order valence-corrected chi connectivity index (χ4v) is 10.3. The van der Waals surface area contributed by atoms with E-state index in [1.54, 1.807) is 13.8 Å². The van der Waals surface area contributed by atoms with Gasteiger partial charge in [0.2, 0.25) is 0 Å². The number of hydrogen-bond donors (Lipinski definition) is 4. The molecule has 7 nitrogen and oxygen atoms in total. The molecule has 1 unspecified atom stereocenters. The topological polar surface area (TPSA) is 124 Å². The van der Waals surface area contributed by atoms with E-state index in [9.17, 15) is 24.9 Å². The highest BCUT2D eigenvalue weighted by Crippen LogP contribution is 2.65. The van der Waals surface area contributed by atoms with E-state index in [0.717, 1.165) is 49.7 Å².